The van der Waals surface area contributed by atoms with E-state index in [2.05, 4.69) is 17.3 Å². The van der Waals surface area contributed by atoms with Crippen LogP contribution in [0.1, 0.15) is 6.42 Å². The smallest absolute Gasteiger partial charge is 0.0637 e. The van der Waals surface area contributed by atoms with Gasteiger partial charge in [0.15, 0.2) is 0 Å². The van der Waals surface area contributed by atoms with Gasteiger partial charge in [0.1, 0.15) is 0 Å². The van der Waals surface area contributed by atoms with Crippen molar-refractivity contribution in [1.82, 2.24) is 4.90 Å². The van der Waals surface area contributed by atoms with Gasteiger partial charge in [-0.3, -0.25) is 0 Å². The molecule has 1 aromatic rings. The first-order valence-corrected chi connectivity index (χ1v) is 5.94. The van der Waals surface area contributed by atoms with Gasteiger partial charge in [-0.1, -0.05) is 23.7 Å². The molecule has 0 saturated carbocycles. The van der Waals surface area contributed by atoms with Gasteiger partial charge < -0.3 is 16.0 Å². The molecule has 1 fully saturated rings. The van der Waals surface area contributed by atoms with Crippen LogP contribution in [0.5, 0.6) is 0 Å². The lowest BCUT2D eigenvalue weighted by atomic mass is 9.98. The molecule has 0 amide bonds. The van der Waals surface area contributed by atoms with Crippen LogP contribution in [0, 0.1) is 0 Å². The van der Waals surface area contributed by atoms with Crippen molar-refractivity contribution in [2.24, 2.45) is 5.73 Å². The third kappa shape index (κ3) is 2.32. The van der Waals surface area contributed by atoms with E-state index in [0.717, 1.165) is 30.2 Å². The lowest BCUT2D eigenvalue weighted by molar-refractivity contribution is 0.385. The van der Waals surface area contributed by atoms with E-state index in [9.17, 15) is 0 Å². The molecule has 0 radical (unpaired) electrons. The monoisotopic (exact) mass is 239 g/mol. The fourth-order valence-corrected chi connectivity index (χ4v) is 2.43. The molecule has 1 atom stereocenters. The average Bonchev–Trinajstić information content (AvgIpc) is 2.65. The standard InChI is InChI=1S/C12H18ClN3/c1-16-7-6-12(8-14,9-16)15-11-5-3-2-4-10(11)13/h2-5,15H,6-9,14H2,1H3. The minimum absolute atomic E-state index is 0.0280. The van der Waals surface area contributed by atoms with Crippen molar-refractivity contribution in [1.29, 1.82) is 0 Å². The van der Waals surface area contributed by atoms with Crippen molar-refractivity contribution < 1.29 is 0 Å². The molecule has 1 aromatic carbocycles. The van der Waals surface area contributed by atoms with Gasteiger partial charge in [0, 0.05) is 19.6 Å². The summed E-state index contributed by atoms with van der Waals surface area (Å²) < 4.78 is 0. The van der Waals surface area contributed by atoms with E-state index < -0.39 is 0 Å². The highest BCUT2D eigenvalue weighted by Crippen LogP contribution is 2.28. The van der Waals surface area contributed by atoms with Crippen LogP contribution < -0.4 is 11.1 Å². The number of nitrogens with zero attached hydrogens (tertiary/aromatic N) is 1. The Bertz CT molecular complexity index is 369. The zero-order chi connectivity index (χ0) is 11.6. The molecule has 0 aromatic heterocycles. The first kappa shape index (κ1) is 11.7. The summed E-state index contributed by atoms with van der Waals surface area (Å²) in [6, 6.07) is 7.81. The number of hydrogen-bond acceptors (Lipinski definition) is 3. The number of nitrogens with two attached hydrogens (primary N) is 1. The van der Waals surface area contributed by atoms with E-state index >= 15 is 0 Å². The largest absolute Gasteiger partial charge is 0.376 e. The van der Waals surface area contributed by atoms with E-state index in [-0.39, 0.29) is 5.54 Å². The quantitative estimate of drug-likeness (QED) is 0.845. The predicted octanol–water partition coefficient (Wildman–Crippen LogP) is 1.78. The number of nitrogens with one attached hydrogen (secondary N) is 1. The summed E-state index contributed by atoms with van der Waals surface area (Å²) in [5.41, 5.74) is 6.85. The SMILES string of the molecule is CN1CCC(CN)(Nc2ccccc2Cl)C1. The summed E-state index contributed by atoms with van der Waals surface area (Å²) in [7, 11) is 2.12. The first-order chi connectivity index (χ1) is 7.65. The molecule has 3 nitrogen and oxygen atoms in total. The molecule has 4 heteroatoms. The van der Waals surface area contributed by atoms with Crippen LogP contribution in [0.25, 0.3) is 0 Å². The van der Waals surface area contributed by atoms with Crippen LogP contribution in [-0.2, 0) is 0 Å². The molecule has 0 aliphatic carbocycles. The van der Waals surface area contributed by atoms with Crippen molar-refractivity contribution in [3.8, 4) is 0 Å². The Morgan fingerprint density at radius 1 is 1.50 bits per heavy atom. The third-order valence-electron chi connectivity index (χ3n) is 3.21. The number of rotatable bonds is 3. The second-order valence-electron chi connectivity index (χ2n) is 4.58. The molecule has 1 saturated heterocycles. The van der Waals surface area contributed by atoms with Crippen LogP contribution in [0.15, 0.2) is 24.3 Å². The molecule has 3 N–H and O–H groups in total. The Balaban J connectivity index is 2.16. The van der Waals surface area contributed by atoms with Gasteiger partial charge in [0.2, 0.25) is 0 Å². The van der Waals surface area contributed by atoms with Crippen LogP contribution in [0.2, 0.25) is 5.02 Å². The van der Waals surface area contributed by atoms with Crippen molar-refractivity contribution >= 4 is 17.3 Å². The molecule has 0 spiro atoms. The summed E-state index contributed by atoms with van der Waals surface area (Å²) in [4.78, 5) is 2.29. The molecule has 1 unspecified atom stereocenters. The van der Waals surface area contributed by atoms with Crippen LogP contribution >= 0.6 is 11.6 Å². The van der Waals surface area contributed by atoms with Gasteiger partial charge in [-0.05, 0) is 25.6 Å². The normalized spacial score (nSPS) is 25.9. The number of likely N-dealkylation sites (N-methyl/N-ethyl adjacent to an activating group) is 1. The van der Waals surface area contributed by atoms with Crippen LogP contribution in [0.4, 0.5) is 5.69 Å². The Hall–Kier alpha value is -0.770. The average molecular weight is 240 g/mol. The summed E-state index contributed by atoms with van der Waals surface area (Å²) >= 11 is 6.14. The van der Waals surface area contributed by atoms with Crippen molar-refractivity contribution in [3.05, 3.63) is 29.3 Å². The van der Waals surface area contributed by atoms with E-state index in [1.807, 2.05) is 24.3 Å². The van der Waals surface area contributed by atoms with Crippen molar-refractivity contribution in [2.75, 3.05) is 32.0 Å². The maximum absolute atomic E-state index is 6.14. The fraction of sp³-hybridized carbons (Fsp3) is 0.500. The van der Waals surface area contributed by atoms with Gasteiger partial charge in [-0.25, -0.2) is 0 Å². The maximum atomic E-state index is 6.14. The summed E-state index contributed by atoms with van der Waals surface area (Å²) in [5.74, 6) is 0. The number of likely N-dealkylation sites (tertiary alicyclic amines) is 1. The number of halogens is 1. The van der Waals surface area contributed by atoms with Gasteiger partial charge in [-0.2, -0.15) is 0 Å². The first-order valence-electron chi connectivity index (χ1n) is 5.56. The number of benzene rings is 1. The van der Waals surface area contributed by atoms with Gasteiger partial charge in [-0.15, -0.1) is 0 Å². The highest BCUT2D eigenvalue weighted by Gasteiger charge is 2.35. The Morgan fingerprint density at radius 3 is 2.81 bits per heavy atom. The van der Waals surface area contributed by atoms with E-state index in [1.165, 1.54) is 0 Å². The second-order valence-corrected chi connectivity index (χ2v) is 4.98. The molecule has 16 heavy (non-hydrogen) atoms. The zero-order valence-corrected chi connectivity index (χ0v) is 10.3. The number of anilines is 1. The van der Waals surface area contributed by atoms with Crippen LogP contribution in [-0.4, -0.2) is 37.1 Å². The van der Waals surface area contributed by atoms with E-state index in [1.54, 1.807) is 0 Å². The molecule has 1 aliphatic heterocycles. The maximum Gasteiger partial charge on any atom is 0.0637 e. The Kier molecular flexibility index (Phi) is 3.38. The Morgan fingerprint density at radius 2 is 2.25 bits per heavy atom. The minimum Gasteiger partial charge on any atom is -0.376 e. The lowest BCUT2D eigenvalue weighted by Gasteiger charge is -2.30. The molecule has 1 heterocycles. The van der Waals surface area contributed by atoms with E-state index in [4.69, 9.17) is 17.3 Å². The molecular weight excluding hydrogens is 222 g/mol. The van der Waals surface area contributed by atoms with Gasteiger partial charge in [0.05, 0.1) is 16.2 Å². The fourth-order valence-electron chi connectivity index (χ4n) is 2.25. The highest BCUT2D eigenvalue weighted by molar-refractivity contribution is 6.33. The van der Waals surface area contributed by atoms with Gasteiger partial charge >= 0.3 is 0 Å². The third-order valence-corrected chi connectivity index (χ3v) is 3.54. The molecule has 0 bridgehead atoms. The van der Waals surface area contributed by atoms with Gasteiger partial charge in [0.25, 0.3) is 0 Å². The summed E-state index contributed by atoms with van der Waals surface area (Å²) in [6.45, 7) is 2.67. The van der Waals surface area contributed by atoms with Crippen molar-refractivity contribution in [2.45, 2.75) is 12.0 Å². The molecule has 1 aliphatic rings. The predicted molar refractivity (Wildman–Crippen MR) is 69.0 cm³/mol. The molecule has 2 rings (SSSR count). The Labute approximate surface area is 102 Å². The lowest BCUT2D eigenvalue weighted by Crippen LogP contribution is -2.47. The van der Waals surface area contributed by atoms with Crippen molar-refractivity contribution in [3.63, 3.8) is 0 Å². The summed E-state index contributed by atoms with van der Waals surface area (Å²) in [5, 5.41) is 4.26. The molecule has 88 valence electrons. The minimum atomic E-state index is -0.0280. The molecular formula is C12H18ClN3. The second kappa shape index (κ2) is 4.62. The number of para-hydroxylation sites is 1. The highest BCUT2D eigenvalue weighted by atomic mass is 35.5. The topological polar surface area (TPSA) is 41.3 Å². The number of hydrogen-bond donors (Lipinski definition) is 2. The van der Waals surface area contributed by atoms with E-state index in [0.29, 0.717) is 6.54 Å². The van der Waals surface area contributed by atoms with Crippen LogP contribution in [0.3, 0.4) is 0 Å². The summed E-state index contributed by atoms with van der Waals surface area (Å²) in [6.07, 6.45) is 1.06. The zero-order valence-electron chi connectivity index (χ0n) is 9.54.